The Bertz CT molecular complexity index is 457. The maximum atomic E-state index is 12.3. The van der Waals surface area contributed by atoms with Gasteiger partial charge in [-0.2, -0.15) is 11.8 Å². The molecule has 0 radical (unpaired) electrons. The molecule has 0 aromatic heterocycles. The third kappa shape index (κ3) is 3.12. The fraction of sp³-hybridized carbons (Fsp3) is 0.533. The number of benzene rings is 1. The molecule has 0 spiro atoms. The summed E-state index contributed by atoms with van der Waals surface area (Å²) in [6.45, 7) is 0.800. The number of carbonyl (C=O) groups is 1. The fourth-order valence-electron chi connectivity index (χ4n) is 2.78. The lowest BCUT2D eigenvalue weighted by atomic mass is 9.95. The Morgan fingerprint density at radius 1 is 1.21 bits per heavy atom. The molecule has 2 heterocycles. The molecule has 3 nitrogen and oxygen atoms in total. The lowest BCUT2D eigenvalue weighted by Crippen LogP contribution is -2.51. The maximum absolute atomic E-state index is 12.3. The summed E-state index contributed by atoms with van der Waals surface area (Å²) in [5, 5.41) is 6.55. The first kappa shape index (κ1) is 13.0. The van der Waals surface area contributed by atoms with E-state index in [2.05, 4.69) is 34.9 Å². The number of carbonyl (C=O) groups excluding carboxylic acids is 1. The molecule has 0 saturated carbocycles. The zero-order valence-electron chi connectivity index (χ0n) is 11.0. The van der Waals surface area contributed by atoms with Gasteiger partial charge in [0.05, 0.1) is 6.04 Å². The van der Waals surface area contributed by atoms with E-state index >= 15 is 0 Å². The summed E-state index contributed by atoms with van der Waals surface area (Å²) in [5.74, 6) is 2.52. The Morgan fingerprint density at radius 3 is 2.74 bits per heavy atom. The minimum atomic E-state index is -0.0653. The number of fused-ring (bicyclic) bond motifs is 1. The highest BCUT2D eigenvalue weighted by Gasteiger charge is 2.26. The normalized spacial score (nSPS) is 23.7. The topological polar surface area (TPSA) is 41.1 Å². The Kier molecular flexibility index (Phi) is 4.09. The van der Waals surface area contributed by atoms with Crippen molar-refractivity contribution in [1.29, 1.82) is 0 Å². The van der Waals surface area contributed by atoms with Crippen LogP contribution in [0, 0.1) is 0 Å². The maximum Gasteiger partial charge on any atom is 0.237 e. The van der Waals surface area contributed by atoms with E-state index in [9.17, 15) is 4.79 Å². The molecule has 1 amide bonds. The Labute approximate surface area is 118 Å². The van der Waals surface area contributed by atoms with Gasteiger partial charge in [0.25, 0.3) is 0 Å². The van der Waals surface area contributed by atoms with Crippen LogP contribution in [0.2, 0.25) is 0 Å². The van der Waals surface area contributed by atoms with Crippen molar-refractivity contribution in [3.8, 4) is 0 Å². The molecule has 1 aromatic carbocycles. The van der Waals surface area contributed by atoms with Crippen LogP contribution in [-0.2, 0) is 17.8 Å². The molecule has 3 rings (SSSR count). The molecule has 4 heteroatoms. The average Bonchev–Trinajstić information content (AvgIpc) is 2.48. The molecule has 102 valence electrons. The molecule has 1 aromatic rings. The standard InChI is InChI=1S/C15H20N2OS/c18-15(17-13-5-7-19-8-6-13)14-9-11-3-1-2-4-12(11)10-16-14/h1-4,13-14,16H,5-10H2,(H,17,18)/t14-/m1/s1. The second-order valence-electron chi connectivity index (χ2n) is 5.30. The van der Waals surface area contributed by atoms with E-state index in [0.717, 1.165) is 25.8 Å². The monoisotopic (exact) mass is 276 g/mol. The molecule has 19 heavy (non-hydrogen) atoms. The SMILES string of the molecule is O=C(NC1CCSCC1)[C@H]1Cc2ccccc2CN1. The van der Waals surface area contributed by atoms with Gasteiger partial charge >= 0.3 is 0 Å². The van der Waals surface area contributed by atoms with Crippen molar-refractivity contribution in [2.45, 2.75) is 37.9 Å². The minimum Gasteiger partial charge on any atom is -0.352 e. The van der Waals surface area contributed by atoms with Crippen molar-refractivity contribution in [2.24, 2.45) is 0 Å². The van der Waals surface area contributed by atoms with Gasteiger partial charge in [-0.05, 0) is 41.9 Å². The number of thioether (sulfide) groups is 1. The van der Waals surface area contributed by atoms with E-state index in [4.69, 9.17) is 0 Å². The van der Waals surface area contributed by atoms with Crippen LogP contribution < -0.4 is 10.6 Å². The summed E-state index contributed by atoms with van der Waals surface area (Å²) in [4.78, 5) is 12.3. The highest BCUT2D eigenvalue weighted by Crippen LogP contribution is 2.19. The van der Waals surface area contributed by atoms with Crippen molar-refractivity contribution in [1.82, 2.24) is 10.6 Å². The number of amides is 1. The van der Waals surface area contributed by atoms with E-state index in [1.165, 1.54) is 22.6 Å². The fourth-order valence-corrected chi connectivity index (χ4v) is 3.89. The van der Waals surface area contributed by atoms with Gasteiger partial charge in [0.15, 0.2) is 0 Å². The Balaban J connectivity index is 1.59. The van der Waals surface area contributed by atoms with Gasteiger partial charge in [-0.25, -0.2) is 0 Å². The van der Waals surface area contributed by atoms with Crippen LogP contribution in [0.4, 0.5) is 0 Å². The largest absolute Gasteiger partial charge is 0.352 e. The van der Waals surface area contributed by atoms with Crippen LogP contribution in [0.3, 0.4) is 0 Å². The lowest BCUT2D eigenvalue weighted by molar-refractivity contribution is -0.124. The average molecular weight is 276 g/mol. The third-order valence-electron chi connectivity index (χ3n) is 3.97. The van der Waals surface area contributed by atoms with Gasteiger partial charge in [0.2, 0.25) is 5.91 Å². The van der Waals surface area contributed by atoms with E-state index in [1.54, 1.807) is 0 Å². The minimum absolute atomic E-state index is 0.0653. The molecule has 0 aliphatic carbocycles. The molecule has 2 N–H and O–H groups in total. The van der Waals surface area contributed by atoms with Crippen molar-refractivity contribution < 1.29 is 4.79 Å². The molecular weight excluding hydrogens is 256 g/mol. The zero-order valence-corrected chi connectivity index (χ0v) is 11.8. The first-order valence-electron chi connectivity index (χ1n) is 7.01. The molecule has 0 bridgehead atoms. The first-order chi connectivity index (χ1) is 9.33. The number of nitrogens with one attached hydrogen (secondary N) is 2. The molecule has 2 aliphatic heterocycles. The van der Waals surface area contributed by atoms with Crippen LogP contribution >= 0.6 is 11.8 Å². The molecule has 1 atom stereocenters. The predicted molar refractivity (Wildman–Crippen MR) is 79.3 cm³/mol. The number of hydrogen-bond donors (Lipinski definition) is 2. The summed E-state index contributed by atoms with van der Waals surface area (Å²) in [6.07, 6.45) is 3.03. The van der Waals surface area contributed by atoms with Crippen LogP contribution in [0.25, 0.3) is 0 Å². The van der Waals surface area contributed by atoms with E-state index < -0.39 is 0 Å². The molecule has 1 fully saturated rings. The van der Waals surface area contributed by atoms with Crippen molar-refractivity contribution in [3.63, 3.8) is 0 Å². The second-order valence-corrected chi connectivity index (χ2v) is 6.53. The van der Waals surface area contributed by atoms with Gasteiger partial charge < -0.3 is 10.6 Å². The molecule has 1 saturated heterocycles. The van der Waals surface area contributed by atoms with Crippen LogP contribution in [0.15, 0.2) is 24.3 Å². The second kappa shape index (κ2) is 5.97. The van der Waals surface area contributed by atoms with Gasteiger partial charge in [0.1, 0.15) is 0 Å². The predicted octanol–water partition coefficient (Wildman–Crippen LogP) is 1.71. The zero-order chi connectivity index (χ0) is 13.1. The van der Waals surface area contributed by atoms with Crippen LogP contribution in [0.5, 0.6) is 0 Å². The Hall–Kier alpha value is -1.00. The Morgan fingerprint density at radius 2 is 1.95 bits per heavy atom. The highest BCUT2D eigenvalue weighted by molar-refractivity contribution is 7.99. The summed E-state index contributed by atoms with van der Waals surface area (Å²) in [6, 6.07) is 8.69. The smallest absolute Gasteiger partial charge is 0.237 e. The van der Waals surface area contributed by atoms with E-state index in [-0.39, 0.29) is 11.9 Å². The first-order valence-corrected chi connectivity index (χ1v) is 8.16. The quantitative estimate of drug-likeness (QED) is 0.864. The van der Waals surface area contributed by atoms with Gasteiger partial charge in [0, 0.05) is 12.6 Å². The molecule has 0 unspecified atom stereocenters. The highest BCUT2D eigenvalue weighted by atomic mass is 32.2. The van der Waals surface area contributed by atoms with Gasteiger partial charge in [-0.15, -0.1) is 0 Å². The van der Waals surface area contributed by atoms with E-state index in [1.807, 2.05) is 11.8 Å². The lowest BCUT2D eigenvalue weighted by Gasteiger charge is -2.28. The summed E-state index contributed by atoms with van der Waals surface area (Å²) >= 11 is 1.99. The van der Waals surface area contributed by atoms with E-state index in [0.29, 0.717) is 6.04 Å². The molecule has 2 aliphatic rings. The number of rotatable bonds is 2. The van der Waals surface area contributed by atoms with Crippen molar-refractivity contribution in [3.05, 3.63) is 35.4 Å². The van der Waals surface area contributed by atoms with Crippen molar-refractivity contribution in [2.75, 3.05) is 11.5 Å². The third-order valence-corrected chi connectivity index (χ3v) is 5.01. The summed E-state index contributed by atoms with van der Waals surface area (Å²) in [5.41, 5.74) is 2.63. The summed E-state index contributed by atoms with van der Waals surface area (Å²) < 4.78 is 0. The summed E-state index contributed by atoms with van der Waals surface area (Å²) in [7, 11) is 0. The van der Waals surface area contributed by atoms with Crippen LogP contribution in [-0.4, -0.2) is 29.5 Å². The molecular formula is C15H20N2OS. The van der Waals surface area contributed by atoms with Crippen molar-refractivity contribution >= 4 is 17.7 Å². The van der Waals surface area contributed by atoms with Crippen LogP contribution in [0.1, 0.15) is 24.0 Å². The van der Waals surface area contributed by atoms with Gasteiger partial charge in [-0.1, -0.05) is 24.3 Å². The number of hydrogen-bond acceptors (Lipinski definition) is 3. The van der Waals surface area contributed by atoms with Gasteiger partial charge in [-0.3, -0.25) is 4.79 Å².